The fourth-order valence-corrected chi connectivity index (χ4v) is 4.27. The Hall–Kier alpha value is -2.54. The van der Waals surface area contributed by atoms with Gasteiger partial charge in [-0.1, -0.05) is 26.0 Å². The molecule has 1 saturated heterocycles. The van der Waals surface area contributed by atoms with Gasteiger partial charge in [-0.05, 0) is 81.4 Å². The van der Waals surface area contributed by atoms with Crippen LogP contribution in [0.2, 0.25) is 0 Å². The summed E-state index contributed by atoms with van der Waals surface area (Å²) in [5, 5.41) is 0. The molecule has 3 rings (SSSR count). The fraction of sp³-hybridized carbons (Fsp3) is 0.519. The fourth-order valence-electron chi connectivity index (χ4n) is 4.27. The Bertz CT molecular complexity index is 970. The first kappa shape index (κ1) is 26.1. The number of rotatable bonds is 10. The molecule has 0 atom stereocenters. The summed E-state index contributed by atoms with van der Waals surface area (Å²) in [6, 6.07) is 8.32. The first-order valence-corrected chi connectivity index (χ1v) is 12.1. The molecule has 0 unspecified atom stereocenters. The molecule has 4 nitrogen and oxygen atoms in total. The molecule has 0 saturated carbocycles. The molecule has 34 heavy (non-hydrogen) atoms. The van der Waals surface area contributed by atoms with Crippen LogP contribution in [0.4, 0.5) is 13.2 Å². The predicted octanol–water partition coefficient (Wildman–Crippen LogP) is 6.43. The van der Waals surface area contributed by atoms with Gasteiger partial charge in [-0.25, -0.2) is 18.0 Å². The lowest BCUT2D eigenvalue weighted by atomic mass is 9.94. The molecule has 0 aliphatic carbocycles. The van der Waals surface area contributed by atoms with Gasteiger partial charge in [0.2, 0.25) is 0 Å². The first-order valence-electron chi connectivity index (χ1n) is 12.1. The molecule has 2 aromatic rings. The summed E-state index contributed by atoms with van der Waals surface area (Å²) < 4.78 is 54.5. The van der Waals surface area contributed by atoms with Crippen LogP contribution in [0.3, 0.4) is 0 Å². The average Bonchev–Trinajstić information content (AvgIpc) is 2.84. The van der Waals surface area contributed by atoms with Crippen molar-refractivity contribution >= 4 is 5.97 Å². The molecule has 1 fully saturated rings. The van der Waals surface area contributed by atoms with Crippen LogP contribution in [-0.2, 0) is 4.74 Å². The van der Waals surface area contributed by atoms with Crippen LogP contribution in [-0.4, -0.2) is 49.4 Å². The van der Waals surface area contributed by atoms with E-state index in [1.54, 1.807) is 13.0 Å². The predicted molar refractivity (Wildman–Crippen MR) is 127 cm³/mol. The molecule has 186 valence electrons. The molecule has 0 bridgehead atoms. The second-order valence-corrected chi connectivity index (χ2v) is 8.95. The number of carbonyl (C=O) groups is 1. The Morgan fingerprint density at radius 1 is 1.03 bits per heavy atom. The Balaban J connectivity index is 1.56. The van der Waals surface area contributed by atoms with Crippen molar-refractivity contribution in [2.45, 2.75) is 52.1 Å². The van der Waals surface area contributed by atoms with E-state index in [-0.39, 0.29) is 29.4 Å². The summed E-state index contributed by atoms with van der Waals surface area (Å²) in [6.07, 6.45) is 2.78. The van der Waals surface area contributed by atoms with E-state index in [9.17, 15) is 18.0 Å². The number of piperidine rings is 1. The zero-order chi connectivity index (χ0) is 24.7. The van der Waals surface area contributed by atoms with Crippen LogP contribution < -0.4 is 4.74 Å². The molecule has 1 heterocycles. The normalized spacial score (nSPS) is 15.4. The van der Waals surface area contributed by atoms with Crippen LogP contribution in [0, 0.1) is 17.6 Å². The van der Waals surface area contributed by atoms with Gasteiger partial charge >= 0.3 is 5.97 Å². The van der Waals surface area contributed by atoms with Crippen molar-refractivity contribution < 1.29 is 27.4 Å². The van der Waals surface area contributed by atoms with Gasteiger partial charge in [0, 0.05) is 12.1 Å². The molecular weight excluding hydrogens is 443 g/mol. The van der Waals surface area contributed by atoms with Gasteiger partial charge in [-0.15, -0.1) is 0 Å². The number of hydrogen-bond donors (Lipinski definition) is 0. The maximum atomic E-state index is 14.7. The van der Waals surface area contributed by atoms with Crippen LogP contribution >= 0.6 is 0 Å². The van der Waals surface area contributed by atoms with Gasteiger partial charge in [0.1, 0.15) is 11.5 Å². The second kappa shape index (κ2) is 11.7. The summed E-state index contributed by atoms with van der Waals surface area (Å²) in [4.78, 5) is 13.9. The molecule has 0 aromatic heterocycles. The Morgan fingerprint density at radius 2 is 1.74 bits per heavy atom. The molecule has 1 aliphatic heterocycles. The Labute approximate surface area is 200 Å². The van der Waals surface area contributed by atoms with Gasteiger partial charge in [0.15, 0.2) is 11.6 Å². The average molecular weight is 478 g/mol. The van der Waals surface area contributed by atoms with Crippen molar-refractivity contribution in [3.05, 3.63) is 53.6 Å². The summed E-state index contributed by atoms with van der Waals surface area (Å²) in [6.45, 7) is 8.10. The number of esters is 1. The summed E-state index contributed by atoms with van der Waals surface area (Å²) in [5.74, 6) is -1.41. The standard InChI is InChI=1S/C27H34F3NO3/c1-4-27(30,5-2)18-31-13-11-19(12-14-31)17-34-25-10-8-20(15-24(25)29)22-9-7-21(16-23(22)28)26(32)33-6-3/h7-10,15-16,19H,4-6,11-14,17-18H2,1-3H3. The van der Waals surface area contributed by atoms with Gasteiger partial charge in [-0.2, -0.15) is 0 Å². The Morgan fingerprint density at radius 3 is 2.32 bits per heavy atom. The van der Waals surface area contributed by atoms with E-state index in [2.05, 4.69) is 4.90 Å². The minimum atomic E-state index is -1.13. The van der Waals surface area contributed by atoms with Crippen molar-refractivity contribution in [2.75, 3.05) is 32.8 Å². The highest BCUT2D eigenvalue weighted by atomic mass is 19.1. The van der Waals surface area contributed by atoms with E-state index < -0.39 is 23.3 Å². The van der Waals surface area contributed by atoms with Crippen molar-refractivity contribution in [2.24, 2.45) is 5.92 Å². The zero-order valence-electron chi connectivity index (χ0n) is 20.2. The van der Waals surface area contributed by atoms with E-state index in [4.69, 9.17) is 9.47 Å². The van der Waals surface area contributed by atoms with Crippen LogP contribution in [0.5, 0.6) is 5.75 Å². The molecule has 7 heteroatoms. The topological polar surface area (TPSA) is 38.8 Å². The molecule has 1 aliphatic rings. The third-order valence-electron chi connectivity index (χ3n) is 6.68. The number of carbonyl (C=O) groups excluding carboxylic acids is 1. The lowest BCUT2D eigenvalue weighted by Gasteiger charge is -2.36. The van der Waals surface area contributed by atoms with Crippen LogP contribution in [0.1, 0.15) is 56.8 Å². The monoisotopic (exact) mass is 477 g/mol. The Kier molecular flexibility index (Phi) is 9.00. The van der Waals surface area contributed by atoms with Crippen molar-refractivity contribution in [1.29, 1.82) is 0 Å². The lowest BCUT2D eigenvalue weighted by molar-refractivity contribution is 0.0525. The van der Waals surface area contributed by atoms with Crippen LogP contribution in [0.25, 0.3) is 11.1 Å². The largest absolute Gasteiger partial charge is 0.490 e. The minimum Gasteiger partial charge on any atom is -0.490 e. The van der Waals surface area contributed by atoms with E-state index in [0.29, 0.717) is 31.6 Å². The van der Waals surface area contributed by atoms with Crippen molar-refractivity contribution in [1.82, 2.24) is 4.90 Å². The minimum absolute atomic E-state index is 0.108. The van der Waals surface area contributed by atoms with Crippen LogP contribution in [0.15, 0.2) is 36.4 Å². The number of nitrogens with zero attached hydrogens (tertiary/aromatic N) is 1. The number of hydrogen-bond acceptors (Lipinski definition) is 4. The van der Waals surface area contributed by atoms with E-state index in [0.717, 1.165) is 32.0 Å². The second-order valence-electron chi connectivity index (χ2n) is 8.95. The van der Waals surface area contributed by atoms with Gasteiger partial charge in [-0.3, -0.25) is 0 Å². The first-order chi connectivity index (χ1) is 16.3. The lowest BCUT2D eigenvalue weighted by Crippen LogP contribution is -2.44. The third kappa shape index (κ3) is 6.53. The van der Waals surface area contributed by atoms with Gasteiger partial charge in [0.05, 0.1) is 18.8 Å². The highest BCUT2D eigenvalue weighted by Gasteiger charge is 2.30. The van der Waals surface area contributed by atoms with E-state index in [1.807, 2.05) is 13.8 Å². The number of likely N-dealkylation sites (tertiary alicyclic amines) is 1. The number of benzene rings is 2. The molecule has 0 radical (unpaired) electrons. The smallest absolute Gasteiger partial charge is 0.338 e. The van der Waals surface area contributed by atoms with E-state index >= 15 is 0 Å². The molecule has 0 amide bonds. The maximum Gasteiger partial charge on any atom is 0.338 e. The molecule has 0 spiro atoms. The van der Waals surface area contributed by atoms with Gasteiger partial charge < -0.3 is 14.4 Å². The molecule has 2 aromatic carbocycles. The third-order valence-corrected chi connectivity index (χ3v) is 6.68. The maximum absolute atomic E-state index is 14.7. The van der Waals surface area contributed by atoms with Crippen molar-refractivity contribution in [3.63, 3.8) is 0 Å². The summed E-state index contributed by atoms with van der Waals surface area (Å²) in [5.41, 5.74) is -0.481. The zero-order valence-corrected chi connectivity index (χ0v) is 20.2. The number of halogens is 3. The number of ether oxygens (including phenoxy) is 2. The van der Waals surface area contributed by atoms with Crippen molar-refractivity contribution in [3.8, 4) is 16.9 Å². The molecule has 0 N–H and O–H groups in total. The highest BCUT2D eigenvalue weighted by Crippen LogP contribution is 2.30. The summed E-state index contributed by atoms with van der Waals surface area (Å²) >= 11 is 0. The SMILES string of the molecule is CCOC(=O)c1ccc(-c2ccc(OCC3CCN(CC(F)(CC)CC)CC3)c(F)c2)c(F)c1. The van der Waals surface area contributed by atoms with Gasteiger partial charge in [0.25, 0.3) is 0 Å². The number of alkyl halides is 1. The molecular formula is C27H34F3NO3. The highest BCUT2D eigenvalue weighted by molar-refractivity contribution is 5.90. The quantitative estimate of drug-likeness (QED) is 0.370. The van der Waals surface area contributed by atoms with E-state index in [1.165, 1.54) is 24.3 Å². The summed E-state index contributed by atoms with van der Waals surface area (Å²) in [7, 11) is 0.